The topological polar surface area (TPSA) is 137 Å². The number of benzene rings is 1. The van der Waals surface area contributed by atoms with Gasteiger partial charge in [-0.25, -0.2) is 19.2 Å². The maximum absolute atomic E-state index is 15.4. The highest BCUT2D eigenvalue weighted by atomic mass is 19.1. The zero-order valence-corrected chi connectivity index (χ0v) is 20.4. The molecule has 3 aromatic rings. The number of pyridine rings is 2. The molecule has 0 aliphatic carbocycles. The lowest BCUT2D eigenvalue weighted by Gasteiger charge is -2.45. The molecule has 10 nitrogen and oxygen atoms in total. The molecule has 36 heavy (non-hydrogen) atoms. The summed E-state index contributed by atoms with van der Waals surface area (Å²) in [6.07, 6.45) is 1.83. The van der Waals surface area contributed by atoms with Crippen LogP contribution in [-0.4, -0.2) is 75.6 Å². The van der Waals surface area contributed by atoms with Crippen LogP contribution in [0.5, 0.6) is 5.88 Å². The van der Waals surface area contributed by atoms with Crippen LogP contribution in [-0.2, 0) is 0 Å². The van der Waals surface area contributed by atoms with Gasteiger partial charge in [0, 0.05) is 55.1 Å². The average molecular weight is 497 g/mol. The van der Waals surface area contributed by atoms with Gasteiger partial charge in [0.1, 0.15) is 18.1 Å². The zero-order chi connectivity index (χ0) is 25.8. The first-order chi connectivity index (χ1) is 17.0. The number of amides is 1. The Morgan fingerprint density at radius 3 is 2.75 bits per heavy atom. The largest absolute Gasteiger partial charge is 0.474 e. The third-order valence-corrected chi connectivity index (χ3v) is 6.59. The summed E-state index contributed by atoms with van der Waals surface area (Å²) in [5, 5.41) is 24.2. The molecule has 11 heteroatoms. The normalized spacial score (nSPS) is 16.1. The maximum atomic E-state index is 15.4. The van der Waals surface area contributed by atoms with E-state index < -0.39 is 17.5 Å². The molecule has 4 heterocycles. The van der Waals surface area contributed by atoms with Crippen LogP contribution in [0.25, 0.3) is 21.9 Å². The average Bonchev–Trinajstić information content (AvgIpc) is 2.79. The predicted octanol–water partition coefficient (Wildman–Crippen LogP) is 3.07. The van der Waals surface area contributed by atoms with Crippen LogP contribution in [0.1, 0.15) is 19.4 Å². The molecule has 0 radical (unpaired) electrons. The number of carbonyl (C=O) groups is 1. The number of nitrogens with zero attached hydrogens (tertiary/aromatic N) is 4. The SMILES string of the molecule is Cc1c(-c2cc3cc(N(C(=O)O)C4CN(CC(C)(C)O)C4)ncc3c(N)c2F)cnc2c1NCCO2. The number of likely N-dealkylation sites (tertiary alicyclic amines) is 1. The van der Waals surface area contributed by atoms with Crippen molar-refractivity contribution in [2.75, 3.05) is 48.7 Å². The van der Waals surface area contributed by atoms with Gasteiger partial charge in [-0.15, -0.1) is 0 Å². The van der Waals surface area contributed by atoms with Gasteiger partial charge < -0.3 is 26.0 Å². The molecular weight excluding hydrogens is 467 g/mol. The molecule has 1 saturated heterocycles. The summed E-state index contributed by atoms with van der Waals surface area (Å²) in [4.78, 5) is 24.0. The van der Waals surface area contributed by atoms with E-state index in [1.165, 1.54) is 11.1 Å². The van der Waals surface area contributed by atoms with Crippen LogP contribution in [0, 0.1) is 12.7 Å². The smallest absolute Gasteiger partial charge is 0.413 e. The molecule has 0 unspecified atom stereocenters. The van der Waals surface area contributed by atoms with E-state index in [0.717, 1.165) is 5.56 Å². The summed E-state index contributed by atoms with van der Waals surface area (Å²) in [7, 11) is 0. The fourth-order valence-electron chi connectivity index (χ4n) is 4.93. The van der Waals surface area contributed by atoms with Crippen molar-refractivity contribution in [1.29, 1.82) is 0 Å². The molecule has 1 fully saturated rings. The van der Waals surface area contributed by atoms with Crippen molar-refractivity contribution in [2.45, 2.75) is 32.4 Å². The minimum absolute atomic E-state index is 0.0650. The second-order valence-electron chi connectivity index (χ2n) is 9.98. The van der Waals surface area contributed by atoms with Gasteiger partial charge >= 0.3 is 6.09 Å². The van der Waals surface area contributed by atoms with Crippen molar-refractivity contribution in [3.05, 3.63) is 35.9 Å². The third-order valence-electron chi connectivity index (χ3n) is 6.59. The Balaban J connectivity index is 1.52. The summed E-state index contributed by atoms with van der Waals surface area (Å²) >= 11 is 0. The van der Waals surface area contributed by atoms with E-state index in [-0.39, 0.29) is 23.1 Å². The van der Waals surface area contributed by atoms with Gasteiger partial charge in [0.05, 0.1) is 17.3 Å². The number of halogens is 1. The van der Waals surface area contributed by atoms with Crippen molar-refractivity contribution in [3.8, 4) is 17.0 Å². The van der Waals surface area contributed by atoms with Crippen LogP contribution in [0.4, 0.5) is 26.4 Å². The first-order valence-electron chi connectivity index (χ1n) is 11.7. The maximum Gasteiger partial charge on any atom is 0.413 e. The van der Waals surface area contributed by atoms with Crippen molar-refractivity contribution >= 4 is 34.1 Å². The van der Waals surface area contributed by atoms with E-state index in [1.807, 2.05) is 11.8 Å². The zero-order valence-electron chi connectivity index (χ0n) is 20.4. The van der Waals surface area contributed by atoms with E-state index in [0.29, 0.717) is 60.7 Å². The minimum atomic E-state index is -1.13. The highest BCUT2D eigenvalue weighted by Crippen LogP contribution is 2.40. The fourth-order valence-corrected chi connectivity index (χ4v) is 4.93. The molecule has 190 valence electrons. The lowest BCUT2D eigenvalue weighted by molar-refractivity contribution is 0.00766. The van der Waals surface area contributed by atoms with E-state index in [9.17, 15) is 15.0 Å². The molecule has 5 N–H and O–H groups in total. The Kier molecular flexibility index (Phi) is 5.84. The number of fused-ring (bicyclic) bond motifs is 2. The van der Waals surface area contributed by atoms with Crippen LogP contribution < -0.4 is 20.7 Å². The van der Waals surface area contributed by atoms with E-state index in [1.54, 1.807) is 32.2 Å². The van der Waals surface area contributed by atoms with Gasteiger partial charge in [0.25, 0.3) is 0 Å². The monoisotopic (exact) mass is 496 g/mol. The van der Waals surface area contributed by atoms with Crippen molar-refractivity contribution in [1.82, 2.24) is 14.9 Å². The van der Waals surface area contributed by atoms with Crippen molar-refractivity contribution in [2.24, 2.45) is 0 Å². The third kappa shape index (κ3) is 4.24. The van der Waals surface area contributed by atoms with Crippen LogP contribution in [0.2, 0.25) is 0 Å². The van der Waals surface area contributed by atoms with Crippen LogP contribution >= 0.6 is 0 Å². The fraction of sp³-hybridized carbons (Fsp3) is 0.400. The first kappa shape index (κ1) is 24.0. The number of aromatic nitrogens is 2. The number of nitrogen functional groups attached to an aromatic ring is 1. The number of hydrogen-bond acceptors (Lipinski definition) is 8. The second kappa shape index (κ2) is 8.75. The van der Waals surface area contributed by atoms with Gasteiger partial charge in [0.2, 0.25) is 5.88 Å². The number of aliphatic hydroxyl groups is 1. The Hall–Kier alpha value is -3.70. The molecule has 2 aliphatic rings. The van der Waals surface area contributed by atoms with E-state index in [2.05, 4.69) is 15.3 Å². The van der Waals surface area contributed by atoms with Crippen molar-refractivity contribution < 1.29 is 24.1 Å². The van der Waals surface area contributed by atoms with Gasteiger partial charge in [-0.1, -0.05) is 0 Å². The van der Waals surface area contributed by atoms with Gasteiger partial charge in [-0.05, 0) is 43.9 Å². The van der Waals surface area contributed by atoms with Crippen molar-refractivity contribution in [3.63, 3.8) is 0 Å². The van der Waals surface area contributed by atoms with Gasteiger partial charge in [0.15, 0.2) is 5.82 Å². The molecular formula is C25H29FN6O4. The molecule has 2 aliphatic heterocycles. The number of anilines is 3. The highest BCUT2D eigenvalue weighted by Gasteiger charge is 2.38. The van der Waals surface area contributed by atoms with E-state index in [4.69, 9.17) is 10.5 Å². The van der Waals surface area contributed by atoms with Gasteiger partial charge in [-0.2, -0.15) is 0 Å². The lowest BCUT2D eigenvalue weighted by Crippen LogP contribution is -2.63. The summed E-state index contributed by atoms with van der Waals surface area (Å²) in [5.41, 5.74) is 7.55. The summed E-state index contributed by atoms with van der Waals surface area (Å²) < 4.78 is 21.0. The summed E-state index contributed by atoms with van der Waals surface area (Å²) in [6.45, 7) is 7.79. The summed E-state index contributed by atoms with van der Waals surface area (Å²) in [6, 6.07) is 2.95. The standard InChI is InChI=1S/C25H29FN6O4/c1-13-17(8-30-23-22(13)28-4-5-36-23)16-6-14-7-19(29-9-18(14)21(27)20(16)26)32(24(33)34)15-10-31(11-15)12-25(2,3)35/h6-9,15,28,35H,4-5,10-12,27H2,1-3H3,(H,33,34). The molecule has 0 bridgehead atoms. The van der Waals surface area contributed by atoms with Crippen LogP contribution in [0.15, 0.2) is 24.5 Å². The number of nitrogens with two attached hydrogens (primary N) is 1. The first-order valence-corrected chi connectivity index (χ1v) is 11.7. The second-order valence-corrected chi connectivity index (χ2v) is 9.98. The number of nitrogens with one attached hydrogen (secondary N) is 1. The molecule has 0 spiro atoms. The Morgan fingerprint density at radius 1 is 1.31 bits per heavy atom. The highest BCUT2D eigenvalue weighted by molar-refractivity contribution is 6.00. The molecule has 2 aromatic heterocycles. The minimum Gasteiger partial charge on any atom is -0.474 e. The molecule has 0 atom stereocenters. The van der Waals surface area contributed by atoms with Crippen LogP contribution in [0.3, 0.4) is 0 Å². The number of hydrogen-bond donors (Lipinski definition) is 4. The summed E-state index contributed by atoms with van der Waals surface area (Å²) in [5.74, 6) is 0.115. The molecule has 1 aromatic carbocycles. The van der Waals surface area contributed by atoms with Gasteiger partial charge in [-0.3, -0.25) is 9.80 Å². The van der Waals surface area contributed by atoms with E-state index >= 15 is 4.39 Å². The Morgan fingerprint density at radius 2 is 2.06 bits per heavy atom. The Labute approximate surface area is 207 Å². The molecule has 5 rings (SSSR count). The lowest BCUT2D eigenvalue weighted by atomic mass is 9.97. The number of β-amino-alcohol motifs (C(OH)–C–C–N with tert-alkyl or cyclic N) is 1. The molecule has 0 saturated carbocycles. The number of rotatable bonds is 5. The number of carboxylic acid groups (broad SMARTS) is 1. The molecule has 1 amide bonds. The predicted molar refractivity (Wildman–Crippen MR) is 135 cm³/mol. The Bertz CT molecular complexity index is 1350. The number of ether oxygens (including phenoxy) is 1. The quantitative estimate of drug-likeness (QED) is 0.393.